The van der Waals surface area contributed by atoms with Crippen molar-refractivity contribution >= 4 is 11.6 Å². The molecule has 1 aliphatic carbocycles. The molecule has 4 nitrogen and oxygen atoms in total. The number of alkyl halides is 3. The molecule has 1 aromatic carbocycles. The van der Waals surface area contributed by atoms with Crippen LogP contribution in [0.15, 0.2) is 24.3 Å². The summed E-state index contributed by atoms with van der Waals surface area (Å²) in [6.45, 7) is 1.93. The molecule has 0 unspecified atom stereocenters. The van der Waals surface area contributed by atoms with Gasteiger partial charge in [-0.1, -0.05) is 38.3 Å². The maximum Gasteiger partial charge on any atom is 0.416 e. The van der Waals surface area contributed by atoms with E-state index in [9.17, 15) is 18.0 Å². The molecule has 1 aliphatic rings. The number of H-pyrrole nitrogens is 1. The third-order valence-corrected chi connectivity index (χ3v) is 4.90. The van der Waals surface area contributed by atoms with Gasteiger partial charge in [-0.05, 0) is 31.4 Å². The van der Waals surface area contributed by atoms with Crippen LogP contribution in [0.3, 0.4) is 0 Å². The van der Waals surface area contributed by atoms with Crippen LogP contribution in [-0.4, -0.2) is 16.1 Å². The van der Waals surface area contributed by atoms with Crippen LogP contribution in [0, 0.1) is 5.92 Å². The van der Waals surface area contributed by atoms with Gasteiger partial charge in [-0.2, -0.15) is 18.3 Å². The number of anilines is 1. The van der Waals surface area contributed by atoms with Gasteiger partial charge in [0.1, 0.15) is 5.69 Å². The highest BCUT2D eigenvalue weighted by molar-refractivity contribution is 5.96. The van der Waals surface area contributed by atoms with Crippen molar-refractivity contribution in [3.63, 3.8) is 0 Å². The van der Waals surface area contributed by atoms with E-state index in [1.807, 2.05) is 6.92 Å². The first-order chi connectivity index (χ1) is 12.4. The summed E-state index contributed by atoms with van der Waals surface area (Å²) < 4.78 is 38.3. The lowest BCUT2D eigenvalue weighted by Gasteiger charge is -2.21. The van der Waals surface area contributed by atoms with E-state index < -0.39 is 11.7 Å². The minimum Gasteiger partial charge on any atom is -0.322 e. The first kappa shape index (κ1) is 18.5. The fraction of sp³-hybridized carbons (Fsp3) is 0.474. The number of amides is 1. The van der Waals surface area contributed by atoms with Crippen LogP contribution >= 0.6 is 0 Å². The van der Waals surface area contributed by atoms with E-state index in [1.165, 1.54) is 12.1 Å². The van der Waals surface area contributed by atoms with Crippen LogP contribution < -0.4 is 5.32 Å². The zero-order valence-corrected chi connectivity index (χ0v) is 14.6. The number of hydrogen-bond acceptors (Lipinski definition) is 2. The maximum absolute atomic E-state index is 12.8. The second-order valence-corrected chi connectivity index (χ2v) is 6.68. The summed E-state index contributed by atoms with van der Waals surface area (Å²) in [5.41, 5.74) is 1.64. The number of aryl methyl sites for hydroxylation is 1. The molecule has 1 aromatic heterocycles. The van der Waals surface area contributed by atoms with Crippen molar-refractivity contribution in [1.29, 1.82) is 0 Å². The Balaban J connectivity index is 1.86. The van der Waals surface area contributed by atoms with Gasteiger partial charge in [0.15, 0.2) is 0 Å². The maximum atomic E-state index is 12.8. The van der Waals surface area contributed by atoms with E-state index in [2.05, 4.69) is 15.5 Å². The van der Waals surface area contributed by atoms with Gasteiger partial charge in [0.25, 0.3) is 0 Å². The Morgan fingerprint density at radius 3 is 2.42 bits per heavy atom. The Morgan fingerprint density at radius 1 is 1.19 bits per heavy atom. The molecule has 140 valence electrons. The normalized spacial score (nSPS) is 15.8. The van der Waals surface area contributed by atoms with Crippen molar-refractivity contribution in [2.75, 3.05) is 5.32 Å². The lowest BCUT2D eigenvalue weighted by Crippen LogP contribution is -2.25. The van der Waals surface area contributed by atoms with Gasteiger partial charge in [0.05, 0.1) is 16.9 Å². The van der Waals surface area contributed by atoms with Gasteiger partial charge in [-0.25, -0.2) is 0 Å². The number of benzene rings is 1. The summed E-state index contributed by atoms with van der Waals surface area (Å²) in [4.78, 5) is 12.6. The van der Waals surface area contributed by atoms with Gasteiger partial charge in [0.2, 0.25) is 5.91 Å². The van der Waals surface area contributed by atoms with E-state index >= 15 is 0 Å². The highest BCUT2D eigenvalue weighted by Gasteiger charge is 2.30. The summed E-state index contributed by atoms with van der Waals surface area (Å²) in [6.07, 6.45) is 1.27. The topological polar surface area (TPSA) is 57.8 Å². The molecule has 2 aromatic rings. The molecule has 0 bridgehead atoms. The fourth-order valence-corrected chi connectivity index (χ4v) is 3.38. The van der Waals surface area contributed by atoms with Crippen LogP contribution in [0.2, 0.25) is 0 Å². The van der Waals surface area contributed by atoms with Crippen molar-refractivity contribution in [3.8, 4) is 11.3 Å². The van der Waals surface area contributed by atoms with Crippen molar-refractivity contribution in [1.82, 2.24) is 10.2 Å². The number of halogens is 3. The molecule has 0 atom stereocenters. The number of nitrogens with one attached hydrogen (secondary N) is 2. The lowest BCUT2D eigenvalue weighted by atomic mass is 9.88. The predicted molar refractivity (Wildman–Crippen MR) is 93.6 cm³/mol. The minimum absolute atomic E-state index is 0.0104. The highest BCUT2D eigenvalue weighted by atomic mass is 19.4. The Morgan fingerprint density at radius 2 is 1.85 bits per heavy atom. The van der Waals surface area contributed by atoms with Gasteiger partial charge in [0, 0.05) is 11.5 Å². The molecule has 1 saturated carbocycles. The standard InChI is InChI=1S/C19H22F3N3O/c1-2-15-17(23-18(26)13-6-4-3-5-7-13)16(25-24-15)12-8-10-14(11-9-12)19(20,21)22/h8-11,13H,2-7H2,1H3,(H,23,26)(H,24,25). The van der Waals surface area contributed by atoms with Gasteiger partial charge in [-0.3, -0.25) is 9.89 Å². The predicted octanol–water partition coefficient (Wildman–Crippen LogP) is 5.18. The summed E-state index contributed by atoms with van der Waals surface area (Å²) in [5.74, 6) is -0.0437. The van der Waals surface area contributed by atoms with Crippen LogP contribution in [-0.2, 0) is 17.4 Å². The summed E-state index contributed by atoms with van der Waals surface area (Å²) in [5, 5.41) is 10.1. The van der Waals surface area contributed by atoms with Crippen LogP contribution in [0.25, 0.3) is 11.3 Å². The van der Waals surface area contributed by atoms with Crippen LogP contribution in [0.5, 0.6) is 0 Å². The lowest BCUT2D eigenvalue weighted by molar-refractivity contribution is -0.137. The number of hydrogen-bond donors (Lipinski definition) is 2. The first-order valence-corrected chi connectivity index (χ1v) is 8.96. The third kappa shape index (κ3) is 3.92. The van der Waals surface area contributed by atoms with E-state index in [0.717, 1.165) is 49.9 Å². The highest BCUT2D eigenvalue weighted by Crippen LogP contribution is 2.34. The summed E-state index contributed by atoms with van der Waals surface area (Å²) in [6, 6.07) is 4.83. The molecule has 0 spiro atoms. The average Bonchev–Trinajstić information content (AvgIpc) is 3.04. The summed E-state index contributed by atoms with van der Waals surface area (Å²) in [7, 11) is 0. The minimum atomic E-state index is -4.38. The molecule has 1 heterocycles. The van der Waals surface area contributed by atoms with Gasteiger partial charge >= 0.3 is 6.18 Å². The molecular formula is C19H22F3N3O. The number of carbonyl (C=O) groups excluding carboxylic acids is 1. The molecule has 1 fully saturated rings. The molecule has 3 rings (SSSR count). The quantitative estimate of drug-likeness (QED) is 0.785. The van der Waals surface area contributed by atoms with E-state index in [4.69, 9.17) is 0 Å². The van der Waals surface area contributed by atoms with Crippen molar-refractivity contribution < 1.29 is 18.0 Å². The Hall–Kier alpha value is -2.31. The smallest absolute Gasteiger partial charge is 0.322 e. The van der Waals surface area contributed by atoms with Crippen molar-refractivity contribution in [3.05, 3.63) is 35.5 Å². The molecule has 1 amide bonds. The summed E-state index contributed by atoms with van der Waals surface area (Å²) >= 11 is 0. The van der Waals surface area contributed by atoms with E-state index in [-0.39, 0.29) is 11.8 Å². The first-order valence-electron chi connectivity index (χ1n) is 8.96. The molecule has 0 aliphatic heterocycles. The van der Waals surface area contributed by atoms with E-state index in [0.29, 0.717) is 23.4 Å². The van der Waals surface area contributed by atoms with Crippen molar-refractivity contribution in [2.45, 2.75) is 51.6 Å². The zero-order valence-electron chi connectivity index (χ0n) is 14.6. The van der Waals surface area contributed by atoms with Gasteiger partial charge in [-0.15, -0.1) is 0 Å². The SMILES string of the molecule is CCc1[nH]nc(-c2ccc(C(F)(F)F)cc2)c1NC(=O)C1CCCCC1. The average molecular weight is 365 g/mol. The Labute approximate surface area is 150 Å². The molecule has 0 radical (unpaired) electrons. The second-order valence-electron chi connectivity index (χ2n) is 6.68. The number of aromatic amines is 1. The van der Waals surface area contributed by atoms with Crippen LogP contribution in [0.1, 0.15) is 50.3 Å². The van der Waals surface area contributed by atoms with Crippen molar-refractivity contribution in [2.24, 2.45) is 5.92 Å². The van der Waals surface area contributed by atoms with Gasteiger partial charge < -0.3 is 5.32 Å². The molecular weight excluding hydrogens is 343 g/mol. The molecule has 7 heteroatoms. The largest absolute Gasteiger partial charge is 0.416 e. The second kappa shape index (κ2) is 7.51. The third-order valence-electron chi connectivity index (χ3n) is 4.90. The number of aromatic nitrogens is 2. The molecule has 26 heavy (non-hydrogen) atoms. The number of carbonyl (C=O) groups is 1. The van der Waals surface area contributed by atoms with Crippen LogP contribution in [0.4, 0.5) is 18.9 Å². The fourth-order valence-electron chi connectivity index (χ4n) is 3.38. The molecule has 2 N–H and O–H groups in total. The van der Waals surface area contributed by atoms with E-state index in [1.54, 1.807) is 0 Å². The monoisotopic (exact) mass is 365 g/mol. The molecule has 0 saturated heterocycles. The number of rotatable bonds is 4. The Bertz CT molecular complexity index is 759. The number of nitrogens with zero attached hydrogens (tertiary/aromatic N) is 1. The zero-order chi connectivity index (χ0) is 18.7. The Kier molecular flexibility index (Phi) is 5.34.